The van der Waals surface area contributed by atoms with Crippen LogP contribution in [0, 0.1) is 16.7 Å². The highest BCUT2D eigenvalue weighted by Crippen LogP contribution is 2.66. The first-order valence-corrected chi connectivity index (χ1v) is 5.69. The lowest BCUT2D eigenvalue weighted by Gasteiger charge is -2.32. The second-order valence-electron chi connectivity index (χ2n) is 6.32. The van der Waals surface area contributed by atoms with Gasteiger partial charge in [0.1, 0.15) is 0 Å². The molecule has 0 bridgehead atoms. The van der Waals surface area contributed by atoms with E-state index in [1.54, 1.807) is 6.08 Å². The molecule has 0 heterocycles. The topological polar surface area (TPSA) is 20.2 Å². The van der Waals surface area contributed by atoms with Crippen LogP contribution in [0.25, 0.3) is 0 Å². The van der Waals surface area contributed by atoms with E-state index in [0.29, 0.717) is 11.3 Å². The first-order valence-electron chi connectivity index (χ1n) is 5.69. The molecule has 0 aromatic rings. The second kappa shape index (κ2) is 2.63. The lowest BCUT2D eigenvalue weighted by atomic mass is 9.80. The maximum Gasteiger partial charge on any atom is 0.0881 e. The van der Waals surface area contributed by atoms with Crippen LogP contribution in [-0.4, -0.2) is 10.7 Å². The molecule has 0 amide bonds. The van der Waals surface area contributed by atoms with Gasteiger partial charge in [0.05, 0.1) is 5.60 Å². The molecule has 3 unspecified atom stereocenters. The molecule has 1 N–H and O–H groups in total. The molecule has 0 aromatic heterocycles. The maximum absolute atomic E-state index is 10.5. The first-order chi connectivity index (χ1) is 6.33. The Kier molecular flexibility index (Phi) is 1.92. The summed E-state index contributed by atoms with van der Waals surface area (Å²) in [6.45, 7) is 10.7. The van der Waals surface area contributed by atoms with E-state index in [2.05, 4.69) is 27.4 Å². The van der Waals surface area contributed by atoms with E-state index in [-0.39, 0.29) is 5.41 Å². The number of hydrogen-bond acceptors (Lipinski definition) is 1. The lowest BCUT2D eigenvalue weighted by Crippen LogP contribution is -2.36. The van der Waals surface area contributed by atoms with Crippen molar-refractivity contribution in [2.45, 2.75) is 52.1 Å². The predicted molar refractivity (Wildman–Crippen MR) is 59.0 cm³/mol. The Morgan fingerprint density at radius 1 is 1.21 bits per heavy atom. The Labute approximate surface area is 87.2 Å². The van der Waals surface area contributed by atoms with E-state index < -0.39 is 5.60 Å². The third-order valence-corrected chi connectivity index (χ3v) is 4.72. The summed E-state index contributed by atoms with van der Waals surface area (Å²) >= 11 is 0. The molecule has 0 spiro atoms. The summed E-state index contributed by atoms with van der Waals surface area (Å²) in [6, 6.07) is 0. The Bertz CT molecular complexity index is 268. The summed E-state index contributed by atoms with van der Waals surface area (Å²) in [4.78, 5) is 0. The van der Waals surface area contributed by atoms with Crippen molar-refractivity contribution in [2.24, 2.45) is 16.7 Å². The molecule has 1 heteroatoms. The van der Waals surface area contributed by atoms with Crippen molar-refractivity contribution in [3.05, 3.63) is 12.7 Å². The average molecular weight is 194 g/mol. The molecule has 2 fully saturated rings. The molecule has 0 radical (unpaired) electrons. The van der Waals surface area contributed by atoms with Gasteiger partial charge in [0.15, 0.2) is 0 Å². The van der Waals surface area contributed by atoms with Gasteiger partial charge in [-0.1, -0.05) is 26.8 Å². The van der Waals surface area contributed by atoms with Crippen LogP contribution >= 0.6 is 0 Å². The van der Waals surface area contributed by atoms with Gasteiger partial charge in [-0.15, -0.1) is 6.58 Å². The monoisotopic (exact) mass is 194 g/mol. The van der Waals surface area contributed by atoms with E-state index in [1.165, 1.54) is 12.8 Å². The molecule has 1 nitrogen and oxygen atoms in total. The van der Waals surface area contributed by atoms with Crippen LogP contribution in [0.2, 0.25) is 0 Å². The van der Waals surface area contributed by atoms with Crippen molar-refractivity contribution in [1.29, 1.82) is 0 Å². The third-order valence-electron chi connectivity index (χ3n) is 4.72. The van der Waals surface area contributed by atoms with Crippen LogP contribution in [0.3, 0.4) is 0 Å². The highest BCUT2D eigenvalue weighted by molar-refractivity contribution is 5.20. The Balaban J connectivity index is 2.28. The second-order valence-corrected chi connectivity index (χ2v) is 6.32. The molecule has 14 heavy (non-hydrogen) atoms. The minimum Gasteiger partial charge on any atom is -0.385 e. The summed E-state index contributed by atoms with van der Waals surface area (Å²) in [5, 5.41) is 10.5. The van der Waals surface area contributed by atoms with Crippen LogP contribution < -0.4 is 0 Å². The number of rotatable bonds is 1. The zero-order valence-electron chi connectivity index (χ0n) is 9.64. The lowest BCUT2D eigenvalue weighted by molar-refractivity contribution is 0.00833. The Hall–Kier alpha value is -0.300. The average Bonchev–Trinajstić information content (AvgIpc) is 2.73. The number of fused-ring (bicyclic) bond motifs is 1. The normalized spacial score (nSPS) is 50.4. The van der Waals surface area contributed by atoms with Crippen molar-refractivity contribution in [2.75, 3.05) is 0 Å². The zero-order chi connectivity index (χ0) is 10.6. The first kappa shape index (κ1) is 10.2. The number of aliphatic hydroxyl groups is 1. The standard InChI is InChI=1S/C13H22O/c1-5-13(14)7-6-11(2,3)8-10-9-12(10,13)4/h5,10,14H,1,6-9H2,2-4H3. The van der Waals surface area contributed by atoms with E-state index >= 15 is 0 Å². The van der Waals surface area contributed by atoms with Crippen molar-refractivity contribution < 1.29 is 5.11 Å². The quantitative estimate of drug-likeness (QED) is 0.636. The summed E-state index contributed by atoms with van der Waals surface area (Å²) in [5.74, 6) is 0.711. The fourth-order valence-electron chi connectivity index (χ4n) is 3.20. The van der Waals surface area contributed by atoms with Gasteiger partial charge in [-0.2, -0.15) is 0 Å². The Morgan fingerprint density at radius 3 is 2.43 bits per heavy atom. The van der Waals surface area contributed by atoms with E-state index in [4.69, 9.17) is 0 Å². The van der Waals surface area contributed by atoms with Crippen LogP contribution in [-0.2, 0) is 0 Å². The fourth-order valence-corrected chi connectivity index (χ4v) is 3.20. The van der Waals surface area contributed by atoms with Crippen molar-refractivity contribution >= 4 is 0 Å². The summed E-state index contributed by atoms with van der Waals surface area (Å²) in [5.41, 5.74) is -0.0795. The highest BCUT2D eigenvalue weighted by atomic mass is 16.3. The predicted octanol–water partition coefficient (Wildman–Crippen LogP) is 3.14. The van der Waals surface area contributed by atoms with E-state index in [0.717, 1.165) is 12.8 Å². The summed E-state index contributed by atoms with van der Waals surface area (Å²) < 4.78 is 0. The minimum atomic E-state index is -0.606. The molecule has 2 saturated carbocycles. The summed E-state index contributed by atoms with van der Waals surface area (Å²) in [6.07, 6.45) is 6.23. The van der Waals surface area contributed by atoms with Gasteiger partial charge in [0.2, 0.25) is 0 Å². The molecule has 2 aliphatic rings. The van der Waals surface area contributed by atoms with Crippen LogP contribution in [0.5, 0.6) is 0 Å². The van der Waals surface area contributed by atoms with Gasteiger partial charge in [-0.05, 0) is 37.0 Å². The highest BCUT2D eigenvalue weighted by Gasteiger charge is 2.63. The maximum atomic E-state index is 10.5. The molecule has 3 atom stereocenters. The van der Waals surface area contributed by atoms with Gasteiger partial charge in [-0.3, -0.25) is 0 Å². The molecule has 0 aliphatic heterocycles. The van der Waals surface area contributed by atoms with Gasteiger partial charge in [-0.25, -0.2) is 0 Å². The third kappa shape index (κ3) is 1.25. The van der Waals surface area contributed by atoms with Crippen molar-refractivity contribution in [1.82, 2.24) is 0 Å². The fraction of sp³-hybridized carbons (Fsp3) is 0.846. The van der Waals surface area contributed by atoms with Crippen molar-refractivity contribution in [3.63, 3.8) is 0 Å². The smallest absolute Gasteiger partial charge is 0.0881 e. The van der Waals surface area contributed by atoms with Crippen molar-refractivity contribution in [3.8, 4) is 0 Å². The molecule has 0 saturated heterocycles. The van der Waals surface area contributed by atoms with Gasteiger partial charge in [0.25, 0.3) is 0 Å². The van der Waals surface area contributed by atoms with Crippen LogP contribution in [0.4, 0.5) is 0 Å². The molecular weight excluding hydrogens is 172 g/mol. The zero-order valence-corrected chi connectivity index (χ0v) is 9.64. The molecule has 2 rings (SSSR count). The van der Waals surface area contributed by atoms with Gasteiger partial charge < -0.3 is 5.11 Å². The number of hydrogen-bond donors (Lipinski definition) is 1. The minimum absolute atomic E-state index is 0.127. The van der Waals surface area contributed by atoms with Crippen LogP contribution in [0.15, 0.2) is 12.7 Å². The van der Waals surface area contributed by atoms with E-state index in [1.807, 2.05) is 0 Å². The molecule has 80 valence electrons. The van der Waals surface area contributed by atoms with Gasteiger partial charge >= 0.3 is 0 Å². The summed E-state index contributed by atoms with van der Waals surface area (Å²) in [7, 11) is 0. The molecular formula is C13H22O. The molecule has 0 aromatic carbocycles. The Morgan fingerprint density at radius 2 is 1.86 bits per heavy atom. The molecule has 2 aliphatic carbocycles. The largest absolute Gasteiger partial charge is 0.385 e. The van der Waals surface area contributed by atoms with E-state index in [9.17, 15) is 5.11 Å². The van der Waals surface area contributed by atoms with Gasteiger partial charge in [0, 0.05) is 5.41 Å². The SMILES string of the molecule is C=CC1(O)CCC(C)(C)CC2CC21C. The van der Waals surface area contributed by atoms with Crippen LogP contribution in [0.1, 0.15) is 46.5 Å².